The topological polar surface area (TPSA) is 64.9 Å². The summed E-state index contributed by atoms with van der Waals surface area (Å²) in [5.41, 5.74) is 8.93. The number of hydrogen-bond acceptors (Lipinski definition) is 4. The van der Waals surface area contributed by atoms with Gasteiger partial charge < -0.3 is 10.2 Å². The van der Waals surface area contributed by atoms with Gasteiger partial charge in [-0.05, 0) is 24.6 Å². The molecule has 2 N–H and O–H groups in total. The highest BCUT2D eigenvalue weighted by atomic mass is 19.1. The standard InChI is InChI=1S/C13H10FN3O/c1-7-2-3-8(4-10(7)15)12-17-11-5-9(14)6-16-13(11)18-12/h2-6H,15H2,1H3. The normalized spacial score (nSPS) is 11.0. The van der Waals surface area contributed by atoms with E-state index in [1.54, 1.807) is 6.07 Å². The van der Waals surface area contributed by atoms with Crippen molar-refractivity contribution in [1.82, 2.24) is 9.97 Å². The Morgan fingerprint density at radius 3 is 2.89 bits per heavy atom. The zero-order valence-corrected chi connectivity index (χ0v) is 9.64. The molecule has 0 bridgehead atoms. The number of pyridine rings is 1. The average Bonchev–Trinajstić information content (AvgIpc) is 2.75. The summed E-state index contributed by atoms with van der Waals surface area (Å²) < 4.78 is 18.5. The van der Waals surface area contributed by atoms with Gasteiger partial charge in [-0.2, -0.15) is 0 Å². The van der Waals surface area contributed by atoms with Gasteiger partial charge in [0, 0.05) is 17.3 Å². The average molecular weight is 243 g/mol. The molecule has 0 saturated carbocycles. The van der Waals surface area contributed by atoms with Gasteiger partial charge in [0.25, 0.3) is 0 Å². The molecule has 0 aliphatic rings. The molecule has 3 aromatic rings. The fourth-order valence-electron chi connectivity index (χ4n) is 1.70. The fraction of sp³-hybridized carbons (Fsp3) is 0.0769. The van der Waals surface area contributed by atoms with Crippen LogP contribution in [0.15, 0.2) is 34.9 Å². The lowest BCUT2D eigenvalue weighted by molar-refractivity contribution is 0.597. The van der Waals surface area contributed by atoms with E-state index >= 15 is 0 Å². The number of aromatic nitrogens is 2. The van der Waals surface area contributed by atoms with Gasteiger partial charge in [-0.3, -0.25) is 0 Å². The second-order valence-electron chi connectivity index (χ2n) is 4.07. The molecule has 0 spiro atoms. The van der Waals surface area contributed by atoms with Crippen molar-refractivity contribution < 1.29 is 8.81 Å². The largest absolute Gasteiger partial charge is 0.418 e. The number of nitrogen functional groups attached to an aromatic ring is 1. The second kappa shape index (κ2) is 3.80. The van der Waals surface area contributed by atoms with Crippen molar-refractivity contribution in [3.8, 4) is 11.5 Å². The first-order valence-electron chi connectivity index (χ1n) is 5.42. The van der Waals surface area contributed by atoms with Crippen LogP contribution in [-0.4, -0.2) is 9.97 Å². The van der Waals surface area contributed by atoms with Crippen molar-refractivity contribution in [2.75, 3.05) is 5.73 Å². The summed E-state index contributed by atoms with van der Waals surface area (Å²) in [5, 5.41) is 0. The highest BCUT2D eigenvalue weighted by Crippen LogP contribution is 2.26. The van der Waals surface area contributed by atoms with Gasteiger partial charge in [-0.15, -0.1) is 0 Å². The van der Waals surface area contributed by atoms with Gasteiger partial charge in [-0.25, -0.2) is 14.4 Å². The zero-order valence-electron chi connectivity index (χ0n) is 9.64. The van der Waals surface area contributed by atoms with Crippen LogP contribution < -0.4 is 5.73 Å². The fourth-order valence-corrected chi connectivity index (χ4v) is 1.70. The first-order chi connectivity index (χ1) is 8.63. The van der Waals surface area contributed by atoms with Crippen LogP contribution in [0.3, 0.4) is 0 Å². The van der Waals surface area contributed by atoms with Crippen molar-refractivity contribution in [3.05, 3.63) is 41.8 Å². The molecule has 0 unspecified atom stereocenters. The Kier molecular flexibility index (Phi) is 2.26. The maximum Gasteiger partial charge on any atom is 0.247 e. The predicted octanol–water partition coefficient (Wildman–Crippen LogP) is 2.92. The number of nitrogens with two attached hydrogens (primary N) is 1. The third-order valence-corrected chi connectivity index (χ3v) is 2.74. The summed E-state index contributed by atoms with van der Waals surface area (Å²) in [4.78, 5) is 8.02. The Morgan fingerprint density at radius 1 is 1.28 bits per heavy atom. The number of rotatable bonds is 1. The molecule has 0 amide bonds. The van der Waals surface area contributed by atoms with Crippen LogP contribution >= 0.6 is 0 Å². The van der Waals surface area contributed by atoms with E-state index in [0.717, 1.165) is 17.3 Å². The van der Waals surface area contributed by atoms with Crippen molar-refractivity contribution >= 4 is 16.9 Å². The van der Waals surface area contributed by atoms with Crippen molar-refractivity contribution in [2.45, 2.75) is 6.92 Å². The Balaban J connectivity index is 2.16. The molecule has 18 heavy (non-hydrogen) atoms. The summed E-state index contributed by atoms with van der Waals surface area (Å²) in [5.74, 6) is -0.0550. The van der Waals surface area contributed by atoms with Crippen LogP contribution in [0, 0.1) is 12.7 Å². The van der Waals surface area contributed by atoms with Crippen molar-refractivity contribution in [1.29, 1.82) is 0 Å². The highest BCUT2D eigenvalue weighted by Gasteiger charge is 2.10. The quantitative estimate of drug-likeness (QED) is 0.667. The van der Waals surface area contributed by atoms with Crippen molar-refractivity contribution in [3.63, 3.8) is 0 Å². The molecule has 0 saturated heterocycles. The highest BCUT2D eigenvalue weighted by molar-refractivity contribution is 5.73. The Morgan fingerprint density at radius 2 is 2.11 bits per heavy atom. The molecule has 0 atom stereocenters. The number of aryl methyl sites for hydroxylation is 1. The number of hydrogen-bond donors (Lipinski definition) is 1. The minimum atomic E-state index is -0.439. The Hall–Kier alpha value is -2.43. The summed E-state index contributed by atoms with van der Waals surface area (Å²) in [6, 6.07) is 6.80. The number of anilines is 1. The molecular formula is C13H10FN3O. The smallest absolute Gasteiger partial charge is 0.247 e. The molecule has 2 aromatic heterocycles. The number of nitrogens with zero attached hydrogens (tertiary/aromatic N) is 2. The summed E-state index contributed by atoms with van der Waals surface area (Å²) >= 11 is 0. The lowest BCUT2D eigenvalue weighted by Gasteiger charge is -2.00. The van der Waals surface area contributed by atoms with E-state index in [9.17, 15) is 4.39 Å². The van der Waals surface area contributed by atoms with Gasteiger partial charge >= 0.3 is 0 Å². The van der Waals surface area contributed by atoms with Crippen LogP contribution in [0.1, 0.15) is 5.56 Å². The monoisotopic (exact) mass is 243 g/mol. The molecule has 1 aromatic carbocycles. The number of halogens is 1. The third kappa shape index (κ3) is 1.69. The van der Waals surface area contributed by atoms with Crippen LogP contribution in [-0.2, 0) is 0 Å². The lowest BCUT2D eigenvalue weighted by atomic mass is 10.1. The maximum absolute atomic E-state index is 13.0. The first kappa shape index (κ1) is 10.7. The Bertz CT molecular complexity index is 736. The number of oxazole rings is 1. The van der Waals surface area contributed by atoms with Gasteiger partial charge in [0.15, 0.2) is 0 Å². The van der Waals surface area contributed by atoms with E-state index in [4.69, 9.17) is 10.2 Å². The van der Waals surface area contributed by atoms with Gasteiger partial charge in [0.1, 0.15) is 11.3 Å². The van der Waals surface area contributed by atoms with E-state index in [-0.39, 0.29) is 0 Å². The zero-order chi connectivity index (χ0) is 12.7. The van der Waals surface area contributed by atoms with Crippen LogP contribution in [0.2, 0.25) is 0 Å². The molecule has 0 aliphatic heterocycles. The SMILES string of the molecule is Cc1ccc(-c2nc3cc(F)cnc3o2)cc1N. The van der Waals surface area contributed by atoms with Crippen LogP contribution in [0.5, 0.6) is 0 Å². The molecule has 4 nitrogen and oxygen atoms in total. The van der Waals surface area contributed by atoms with Crippen LogP contribution in [0.25, 0.3) is 22.7 Å². The molecular weight excluding hydrogens is 233 g/mol. The van der Waals surface area contributed by atoms with Crippen molar-refractivity contribution in [2.24, 2.45) is 0 Å². The molecule has 5 heteroatoms. The molecule has 2 heterocycles. The summed E-state index contributed by atoms with van der Waals surface area (Å²) in [6.07, 6.45) is 1.10. The predicted molar refractivity (Wildman–Crippen MR) is 66.3 cm³/mol. The summed E-state index contributed by atoms with van der Waals surface area (Å²) in [6.45, 7) is 1.92. The molecule has 0 aliphatic carbocycles. The minimum absolute atomic E-state index is 0.311. The van der Waals surface area contributed by atoms with E-state index in [2.05, 4.69) is 9.97 Å². The molecule has 0 radical (unpaired) electrons. The van der Waals surface area contributed by atoms with Gasteiger partial charge in [0.2, 0.25) is 11.6 Å². The van der Waals surface area contributed by atoms with E-state index in [0.29, 0.717) is 22.8 Å². The van der Waals surface area contributed by atoms with Gasteiger partial charge in [-0.1, -0.05) is 6.07 Å². The van der Waals surface area contributed by atoms with E-state index in [1.165, 1.54) is 6.07 Å². The van der Waals surface area contributed by atoms with E-state index in [1.807, 2.05) is 19.1 Å². The molecule has 3 rings (SSSR count). The number of benzene rings is 1. The summed E-state index contributed by atoms with van der Waals surface area (Å²) in [7, 11) is 0. The second-order valence-corrected chi connectivity index (χ2v) is 4.07. The van der Waals surface area contributed by atoms with Crippen LogP contribution in [0.4, 0.5) is 10.1 Å². The van der Waals surface area contributed by atoms with E-state index < -0.39 is 5.82 Å². The molecule has 0 fully saturated rings. The first-order valence-corrected chi connectivity index (χ1v) is 5.42. The maximum atomic E-state index is 13.0. The molecule has 90 valence electrons. The number of fused-ring (bicyclic) bond motifs is 1. The third-order valence-electron chi connectivity index (χ3n) is 2.74. The lowest BCUT2D eigenvalue weighted by Crippen LogP contribution is -1.89. The Labute approximate surface area is 102 Å². The van der Waals surface area contributed by atoms with Gasteiger partial charge in [0.05, 0.1) is 6.20 Å². The minimum Gasteiger partial charge on any atom is -0.418 e.